The van der Waals surface area contributed by atoms with E-state index in [0.717, 1.165) is 34.8 Å². The molecule has 7 rings (SSSR count). The Morgan fingerprint density at radius 2 is 1.97 bits per heavy atom. The molecule has 2 saturated carbocycles. The van der Waals surface area contributed by atoms with Gasteiger partial charge >= 0.3 is 0 Å². The summed E-state index contributed by atoms with van der Waals surface area (Å²) in [5.74, 6) is 0.464. The number of rotatable bonds is 5. The van der Waals surface area contributed by atoms with Crippen LogP contribution >= 0.6 is 0 Å². The van der Waals surface area contributed by atoms with Crippen LogP contribution in [0.1, 0.15) is 48.8 Å². The number of phenolic OH excluding ortho intramolecular Hbond substituents is 1. The van der Waals surface area contributed by atoms with Crippen LogP contribution in [0.2, 0.25) is 0 Å². The fraction of sp³-hybridized carbons (Fsp3) is 0.500. The van der Waals surface area contributed by atoms with E-state index < -0.39 is 23.0 Å². The summed E-state index contributed by atoms with van der Waals surface area (Å²) in [5.41, 5.74) is 0.596. The van der Waals surface area contributed by atoms with Crippen LogP contribution in [0.3, 0.4) is 0 Å². The predicted molar refractivity (Wildman–Crippen MR) is 128 cm³/mol. The van der Waals surface area contributed by atoms with Crippen molar-refractivity contribution < 1.29 is 19.4 Å². The number of Topliss-reactive ketones (excluding diaryl/α,β-unsaturated/α-hetero) is 1. The summed E-state index contributed by atoms with van der Waals surface area (Å²) < 4.78 is 6.23. The fourth-order valence-electron chi connectivity index (χ4n) is 7.75. The summed E-state index contributed by atoms with van der Waals surface area (Å²) in [5, 5.41) is 25.8. The number of piperidine rings is 1. The highest BCUT2D eigenvalue weighted by Crippen LogP contribution is 2.66. The number of hydrogen-bond acceptors (Lipinski definition) is 6. The molecule has 7 heteroatoms. The van der Waals surface area contributed by atoms with E-state index in [1.54, 1.807) is 6.07 Å². The minimum Gasteiger partial charge on any atom is -0.756 e. The second kappa shape index (κ2) is 7.31. The molecule has 2 heterocycles. The van der Waals surface area contributed by atoms with Gasteiger partial charge in [-0.3, -0.25) is 14.5 Å². The van der Waals surface area contributed by atoms with Gasteiger partial charge in [0.25, 0.3) is 0 Å². The van der Waals surface area contributed by atoms with Crippen LogP contribution in [0, 0.1) is 11.1 Å². The van der Waals surface area contributed by atoms with Gasteiger partial charge in [-0.05, 0) is 61.8 Å². The predicted octanol–water partition coefficient (Wildman–Crippen LogP) is 3.10. The van der Waals surface area contributed by atoms with E-state index in [2.05, 4.69) is 4.90 Å². The van der Waals surface area contributed by atoms with Crippen LogP contribution in [0.5, 0.6) is 11.5 Å². The van der Waals surface area contributed by atoms with E-state index in [9.17, 15) is 19.9 Å². The van der Waals surface area contributed by atoms with Crippen molar-refractivity contribution in [2.24, 2.45) is 5.92 Å². The van der Waals surface area contributed by atoms with Crippen molar-refractivity contribution in [2.75, 3.05) is 13.1 Å². The number of ketones is 1. The largest absolute Gasteiger partial charge is 0.756 e. The molecule has 4 atom stereocenters. The smallest absolute Gasteiger partial charge is 0.216 e. The number of carbonyl (C=O) groups excluding carboxylic acids is 2. The monoisotopic (exact) mass is 473 g/mol. The molecule has 2 aromatic rings. The Morgan fingerprint density at radius 1 is 1.17 bits per heavy atom. The number of benzene rings is 2. The summed E-state index contributed by atoms with van der Waals surface area (Å²) in [6.07, 6.45) is 3.29. The number of hydroxylamine groups is 2. The van der Waals surface area contributed by atoms with Gasteiger partial charge in [0.05, 0.1) is 17.4 Å². The van der Waals surface area contributed by atoms with Crippen molar-refractivity contribution in [3.8, 4) is 11.5 Å². The van der Waals surface area contributed by atoms with Gasteiger partial charge in [0.1, 0.15) is 0 Å². The Hall–Kier alpha value is -2.90. The van der Waals surface area contributed by atoms with Crippen molar-refractivity contribution in [3.05, 3.63) is 64.4 Å². The van der Waals surface area contributed by atoms with E-state index in [1.165, 1.54) is 12.8 Å². The highest BCUT2D eigenvalue weighted by atomic mass is 16.5. The van der Waals surface area contributed by atoms with Crippen molar-refractivity contribution in [1.29, 1.82) is 0 Å². The second-order valence-corrected chi connectivity index (χ2v) is 11.1. The molecule has 7 nitrogen and oxygen atoms in total. The lowest BCUT2D eigenvalue weighted by molar-refractivity contribution is -0.169. The van der Waals surface area contributed by atoms with Crippen molar-refractivity contribution in [2.45, 2.75) is 68.0 Å². The third-order valence-corrected chi connectivity index (χ3v) is 9.35. The number of phenols is 1. The zero-order valence-corrected chi connectivity index (χ0v) is 19.6. The van der Waals surface area contributed by atoms with E-state index in [4.69, 9.17) is 4.74 Å². The molecule has 2 aromatic carbocycles. The van der Waals surface area contributed by atoms with Crippen molar-refractivity contribution in [1.82, 2.24) is 9.96 Å². The number of nitrogens with zero attached hydrogens (tertiary/aromatic N) is 2. The van der Waals surface area contributed by atoms with Crippen LogP contribution in [-0.2, 0) is 27.8 Å². The van der Waals surface area contributed by atoms with Gasteiger partial charge in [0.2, 0.25) is 5.91 Å². The van der Waals surface area contributed by atoms with Gasteiger partial charge in [-0.1, -0.05) is 36.4 Å². The Bertz CT molecular complexity index is 1230. The van der Waals surface area contributed by atoms with Gasteiger partial charge in [-0.15, -0.1) is 0 Å². The third-order valence-electron chi connectivity index (χ3n) is 9.35. The van der Waals surface area contributed by atoms with Crippen LogP contribution in [0.25, 0.3) is 0 Å². The van der Waals surface area contributed by atoms with Crippen LogP contribution in [0.15, 0.2) is 42.5 Å². The summed E-state index contributed by atoms with van der Waals surface area (Å²) in [4.78, 5) is 29.4. The van der Waals surface area contributed by atoms with E-state index in [0.29, 0.717) is 30.9 Å². The molecular formula is C28H29N2O5-. The Morgan fingerprint density at radius 3 is 2.74 bits per heavy atom. The van der Waals surface area contributed by atoms with Gasteiger partial charge in [-0.25, -0.2) is 0 Å². The molecule has 3 aliphatic carbocycles. The molecule has 0 aromatic heterocycles. The molecule has 1 unspecified atom stereocenters. The van der Waals surface area contributed by atoms with Crippen LogP contribution in [-0.4, -0.2) is 57.5 Å². The fourth-order valence-corrected chi connectivity index (χ4v) is 7.75. The average Bonchev–Trinajstić information content (AvgIpc) is 3.61. The number of ether oxygens (including phenoxy) is 1. The SMILES string of the molecule is O=C1CCC2(N([O-])C(=O)Cc3ccccc3)[C@H]3Cc4ccc(O)c5c4[C@@]2(CCN3CC2CC2)[C@H]1O5. The average molecular weight is 474 g/mol. The zero-order chi connectivity index (χ0) is 23.9. The number of amides is 1. The first-order valence-electron chi connectivity index (χ1n) is 12.8. The summed E-state index contributed by atoms with van der Waals surface area (Å²) in [7, 11) is 0. The summed E-state index contributed by atoms with van der Waals surface area (Å²) in [6.45, 7) is 1.67. The zero-order valence-electron chi connectivity index (χ0n) is 19.6. The first-order chi connectivity index (χ1) is 17.0. The molecule has 182 valence electrons. The Labute approximate surface area is 204 Å². The molecular weight excluding hydrogens is 444 g/mol. The maximum absolute atomic E-state index is 14.4. The molecule has 0 radical (unpaired) electrons. The van der Waals surface area contributed by atoms with Gasteiger partial charge in [0.15, 0.2) is 23.4 Å². The third kappa shape index (κ3) is 2.74. The molecule has 1 saturated heterocycles. The first kappa shape index (κ1) is 21.4. The van der Waals surface area contributed by atoms with Gasteiger partial charge in [0, 0.05) is 24.6 Å². The van der Waals surface area contributed by atoms with E-state index in [-0.39, 0.29) is 30.4 Å². The molecule has 1 N–H and O–H groups in total. The molecule has 5 aliphatic rings. The van der Waals surface area contributed by atoms with Gasteiger partial charge < -0.3 is 20.1 Å². The molecule has 1 amide bonds. The number of likely N-dealkylation sites (tertiary alicyclic amines) is 1. The molecule has 2 aliphatic heterocycles. The molecule has 3 fully saturated rings. The second-order valence-electron chi connectivity index (χ2n) is 11.1. The van der Waals surface area contributed by atoms with Crippen molar-refractivity contribution >= 4 is 11.7 Å². The molecule has 2 bridgehead atoms. The topological polar surface area (TPSA) is 93.1 Å². The standard InChI is InChI=1S/C28H29N2O5/c31-20-9-8-19-15-22-28(30(34)23(33)14-17-4-2-1-3-5-17)11-10-21(32)26-27(28,24(19)25(20)35-26)12-13-29(22)16-18-6-7-18/h1-5,8-9,18,22,26,31H,6-7,10-16H2/q-1/t22-,26+,27+,28?/m1/s1. The highest BCUT2D eigenvalue weighted by Gasteiger charge is 2.74. The quantitative estimate of drug-likeness (QED) is 0.671. The van der Waals surface area contributed by atoms with Gasteiger partial charge in [-0.2, -0.15) is 0 Å². The minimum atomic E-state index is -1.10. The highest BCUT2D eigenvalue weighted by molar-refractivity contribution is 5.91. The van der Waals surface area contributed by atoms with Crippen molar-refractivity contribution in [3.63, 3.8) is 0 Å². The number of aromatic hydroxyl groups is 1. The summed E-state index contributed by atoms with van der Waals surface area (Å²) in [6, 6.07) is 12.7. The van der Waals surface area contributed by atoms with E-state index >= 15 is 0 Å². The lowest BCUT2D eigenvalue weighted by atomic mass is 9.47. The lowest BCUT2D eigenvalue weighted by Gasteiger charge is -2.70. The number of carbonyl (C=O) groups is 2. The minimum absolute atomic E-state index is 0.00106. The normalized spacial score (nSPS) is 32.7. The maximum atomic E-state index is 14.4. The summed E-state index contributed by atoms with van der Waals surface area (Å²) >= 11 is 0. The maximum Gasteiger partial charge on any atom is 0.216 e. The molecule has 1 spiro atoms. The van der Waals surface area contributed by atoms with Crippen LogP contribution < -0.4 is 4.74 Å². The molecule has 35 heavy (non-hydrogen) atoms. The Kier molecular flexibility index (Phi) is 4.46. The first-order valence-corrected chi connectivity index (χ1v) is 12.8. The number of hydrogen-bond donors (Lipinski definition) is 1. The van der Waals surface area contributed by atoms with Crippen LogP contribution in [0.4, 0.5) is 0 Å². The van der Waals surface area contributed by atoms with E-state index in [1.807, 2.05) is 36.4 Å². The Balaban J connectivity index is 1.40. The lowest BCUT2D eigenvalue weighted by Crippen LogP contribution is -2.81.